The van der Waals surface area contributed by atoms with Gasteiger partial charge < -0.3 is 5.73 Å². The van der Waals surface area contributed by atoms with Crippen LogP contribution in [0.25, 0.3) is 0 Å². The number of alkyl halides is 1. The first-order valence-corrected chi connectivity index (χ1v) is 6.12. The maximum absolute atomic E-state index is 5.62. The van der Waals surface area contributed by atoms with Crippen molar-refractivity contribution >= 4 is 22.6 Å². The fourth-order valence-electron chi connectivity index (χ4n) is 2.26. The fourth-order valence-corrected chi connectivity index (χ4v) is 3.40. The summed E-state index contributed by atoms with van der Waals surface area (Å²) in [5.41, 5.74) is 6.28. The molecule has 0 heterocycles. The summed E-state index contributed by atoms with van der Waals surface area (Å²) in [7, 11) is 0. The normalized spacial score (nSPS) is 22.4. The molecule has 66 valence electrons. The molecule has 0 aromatic rings. The topological polar surface area (TPSA) is 26.0 Å². The van der Waals surface area contributed by atoms with E-state index in [2.05, 4.69) is 22.6 Å². The van der Waals surface area contributed by atoms with Crippen LogP contribution in [-0.4, -0.2) is 11.0 Å². The summed E-state index contributed by atoms with van der Waals surface area (Å²) in [4.78, 5) is 0. The summed E-state index contributed by atoms with van der Waals surface area (Å²) in [6, 6.07) is 0. The van der Waals surface area contributed by atoms with Crippen LogP contribution in [0.4, 0.5) is 0 Å². The summed E-state index contributed by atoms with van der Waals surface area (Å²) < 4.78 is 1.30. The predicted molar refractivity (Wildman–Crippen MR) is 58.1 cm³/mol. The minimum absolute atomic E-state index is 0.663. The Balaban J connectivity index is 2.40. The van der Waals surface area contributed by atoms with Crippen LogP contribution < -0.4 is 5.73 Å². The quantitative estimate of drug-likeness (QED) is 0.615. The van der Waals surface area contributed by atoms with Gasteiger partial charge in [0, 0.05) is 4.43 Å². The van der Waals surface area contributed by atoms with Crippen molar-refractivity contribution in [2.24, 2.45) is 11.1 Å². The van der Waals surface area contributed by atoms with Gasteiger partial charge >= 0.3 is 0 Å². The molecule has 2 heteroatoms. The minimum atomic E-state index is 0.663. The molecule has 0 aliphatic heterocycles. The molecule has 0 saturated heterocycles. The van der Waals surface area contributed by atoms with Crippen LogP contribution in [-0.2, 0) is 0 Å². The van der Waals surface area contributed by atoms with Crippen LogP contribution in [0.15, 0.2) is 0 Å². The van der Waals surface area contributed by atoms with Gasteiger partial charge in [0.1, 0.15) is 0 Å². The number of nitrogens with two attached hydrogens (primary N) is 1. The second kappa shape index (κ2) is 4.65. The summed E-state index contributed by atoms with van der Waals surface area (Å²) >= 11 is 2.49. The highest BCUT2D eigenvalue weighted by atomic mass is 127. The first kappa shape index (κ1) is 9.78. The Morgan fingerprint density at radius 3 is 2.27 bits per heavy atom. The Hall–Kier alpha value is 0.690. The molecular formula is C9H18IN. The smallest absolute Gasteiger partial charge is 0.0000564 e. The molecule has 1 aliphatic carbocycles. The van der Waals surface area contributed by atoms with E-state index in [0.717, 1.165) is 6.54 Å². The van der Waals surface area contributed by atoms with Gasteiger partial charge in [0.15, 0.2) is 0 Å². The van der Waals surface area contributed by atoms with Crippen LogP contribution >= 0.6 is 22.6 Å². The maximum atomic E-state index is 5.62. The maximum Gasteiger partial charge on any atom is 0.0000564 e. The van der Waals surface area contributed by atoms with Crippen molar-refractivity contribution in [3.05, 3.63) is 0 Å². The molecule has 1 aliphatic rings. The first-order valence-electron chi connectivity index (χ1n) is 4.59. The molecule has 0 aromatic carbocycles. The number of hydrogen-bond acceptors (Lipinski definition) is 1. The lowest BCUT2D eigenvalue weighted by atomic mass is 9.80. The van der Waals surface area contributed by atoms with Crippen LogP contribution in [0.5, 0.6) is 0 Å². The lowest BCUT2D eigenvalue weighted by Gasteiger charge is -2.27. The first-order chi connectivity index (χ1) is 5.33. The van der Waals surface area contributed by atoms with Gasteiger partial charge in [0.2, 0.25) is 0 Å². The van der Waals surface area contributed by atoms with Gasteiger partial charge in [-0.2, -0.15) is 0 Å². The predicted octanol–water partition coefficient (Wildman–Crippen LogP) is 2.72. The zero-order valence-corrected chi connectivity index (χ0v) is 9.27. The monoisotopic (exact) mass is 267 g/mol. The summed E-state index contributed by atoms with van der Waals surface area (Å²) in [5.74, 6) is 0. The van der Waals surface area contributed by atoms with Gasteiger partial charge in [-0.05, 0) is 37.6 Å². The lowest BCUT2D eigenvalue weighted by Crippen LogP contribution is -2.21. The molecule has 1 nitrogen and oxygen atoms in total. The molecule has 1 fully saturated rings. The molecular weight excluding hydrogens is 249 g/mol. The van der Waals surface area contributed by atoms with E-state index in [0.29, 0.717) is 5.41 Å². The zero-order chi connectivity index (χ0) is 8.16. The SMILES string of the molecule is NCCC1(CCI)CCCC1. The lowest BCUT2D eigenvalue weighted by molar-refractivity contribution is 0.269. The van der Waals surface area contributed by atoms with Crippen molar-refractivity contribution in [2.45, 2.75) is 38.5 Å². The highest BCUT2D eigenvalue weighted by molar-refractivity contribution is 14.1. The highest BCUT2D eigenvalue weighted by Gasteiger charge is 2.31. The van der Waals surface area contributed by atoms with Crippen LogP contribution in [0.2, 0.25) is 0 Å². The van der Waals surface area contributed by atoms with E-state index in [1.807, 2.05) is 0 Å². The third-order valence-electron chi connectivity index (χ3n) is 2.96. The number of halogens is 1. The van der Waals surface area contributed by atoms with Crippen molar-refractivity contribution in [3.63, 3.8) is 0 Å². The second-order valence-electron chi connectivity index (χ2n) is 3.68. The van der Waals surface area contributed by atoms with Crippen molar-refractivity contribution in [1.29, 1.82) is 0 Å². The molecule has 0 bridgehead atoms. The third-order valence-corrected chi connectivity index (χ3v) is 3.50. The average molecular weight is 267 g/mol. The summed E-state index contributed by atoms with van der Waals surface area (Å²) in [5, 5.41) is 0. The minimum Gasteiger partial charge on any atom is -0.330 e. The molecule has 1 saturated carbocycles. The van der Waals surface area contributed by atoms with Crippen LogP contribution in [0, 0.1) is 5.41 Å². The molecule has 0 aromatic heterocycles. The van der Waals surface area contributed by atoms with E-state index in [-0.39, 0.29) is 0 Å². The molecule has 0 spiro atoms. The standard InChI is InChI=1S/C9H18IN/c10-7-5-9(6-8-11)3-1-2-4-9/h1-8,11H2. The Kier molecular flexibility index (Phi) is 4.13. The van der Waals surface area contributed by atoms with E-state index in [1.54, 1.807) is 0 Å². The molecule has 0 radical (unpaired) electrons. The molecule has 0 amide bonds. The van der Waals surface area contributed by atoms with Gasteiger partial charge in [0.05, 0.1) is 0 Å². The Bertz CT molecular complexity index is 100. The van der Waals surface area contributed by atoms with Gasteiger partial charge in [-0.3, -0.25) is 0 Å². The second-order valence-corrected chi connectivity index (χ2v) is 4.76. The van der Waals surface area contributed by atoms with Crippen molar-refractivity contribution < 1.29 is 0 Å². The van der Waals surface area contributed by atoms with E-state index in [4.69, 9.17) is 5.73 Å². The fraction of sp³-hybridized carbons (Fsp3) is 1.00. The highest BCUT2D eigenvalue weighted by Crippen LogP contribution is 2.43. The Labute approximate surface area is 83.3 Å². The van der Waals surface area contributed by atoms with Gasteiger partial charge in [0.25, 0.3) is 0 Å². The van der Waals surface area contributed by atoms with Gasteiger partial charge in [-0.1, -0.05) is 35.4 Å². The molecule has 0 unspecified atom stereocenters. The van der Waals surface area contributed by atoms with Gasteiger partial charge in [-0.25, -0.2) is 0 Å². The number of hydrogen-bond donors (Lipinski definition) is 1. The van der Waals surface area contributed by atoms with E-state index in [1.165, 1.54) is 43.0 Å². The van der Waals surface area contributed by atoms with Crippen molar-refractivity contribution in [2.75, 3.05) is 11.0 Å². The summed E-state index contributed by atoms with van der Waals surface area (Å²) in [6.45, 7) is 0.886. The van der Waals surface area contributed by atoms with Crippen LogP contribution in [0.1, 0.15) is 38.5 Å². The van der Waals surface area contributed by atoms with E-state index in [9.17, 15) is 0 Å². The third kappa shape index (κ3) is 2.58. The van der Waals surface area contributed by atoms with E-state index >= 15 is 0 Å². The number of rotatable bonds is 4. The zero-order valence-electron chi connectivity index (χ0n) is 7.11. The average Bonchev–Trinajstić information content (AvgIpc) is 2.39. The summed E-state index contributed by atoms with van der Waals surface area (Å²) in [6.07, 6.45) is 8.41. The van der Waals surface area contributed by atoms with Crippen LogP contribution in [0.3, 0.4) is 0 Å². The van der Waals surface area contributed by atoms with E-state index < -0.39 is 0 Å². The van der Waals surface area contributed by atoms with Crippen molar-refractivity contribution in [3.8, 4) is 0 Å². The molecule has 11 heavy (non-hydrogen) atoms. The molecule has 0 atom stereocenters. The largest absolute Gasteiger partial charge is 0.330 e. The Morgan fingerprint density at radius 1 is 1.18 bits per heavy atom. The Morgan fingerprint density at radius 2 is 1.82 bits per heavy atom. The molecule has 1 rings (SSSR count). The van der Waals surface area contributed by atoms with Gasteiger partial charge in [-0.15, -0.1) is 0 Å². The molecule has 2 N–H and O–H groups in total. The van der Waals surface area contributed by atoms with Crippen molar-refractivity contribution in [1.82, 2.24) is 0 Å².